The zero-order valence-corrected chi connectivity index (χ0v) is 10.3. The van der Waals surface area contributed by atoms with Gasteiger partial charge in [-0.1, -0.05) is 22.0 Å². The fraction of sp³-hybridized carbons (Fsp3) is 0.300. The first-order valence-electron chi connectivity index (χ1n) is 4.99. The van der Waals surface area contributed by atoms with Gasteiger partial charge >= 0.3 is 0 Å². The molecule has 0 bridgehead atoms. The predicted molar refractivity (Wildman–Crippen MR) is 68.1 cm³/mol. The van der Waals surface area contributed by atoms with E-state index in [2.05, 4.69) is 20.9 Å². The van der Waals surface area contributed by atoms with Crippen molar-refractivity contribution in [1.29, 1.82) is 0 Å². The fourth-order valence-corrected chi connectivity index (χ4v) is 2.10. The van der Waals surface area contributed by atoms with Gasteiger partial charge in [0.1, 0.15) is 6.17 Å². The summed E-state index contributed by atoms with van der Waals surface area (Å²) in [6.45, 7) is 1.10. The minimum absolute atomic E-state index is 0.274. The van der Waals surface area contributed by atoms with E-state index in [0.717, 1.165) is 15.7 Å². The molecule has 0 aromatic heterocycles. The van der Waals surface area contributed by atoms with E-state index in [4.69, 9.17) is 17.2 Å². The largest absolute Gasteiger partial charge is 0.369 e. The molecule has 1 aromatic carbocycles. The zero-order chi connectivity index (χ0) is 11.7. The quantitative estimate of drug-likeness (QED) is 0.742. The number of halogens is 1. The normalized spacial score (nSPS) is 19.3. The van der Waals surface area contributed by atoms with E-state index in [1.54, 1.807) is 4.90 Å². The average Bonchev–Trinajstić information content (AvgIpc) is 2.23. The lowest BCUT2D eigenvalue weighted by atomic mass is 10.1. The number of nitrogens with zero attached hydrogens (tertiary/aromatic N) is 2. The van der Waals surface area contributed by atoms with Crippen LogP contribution in [0.15, 0.2) is 27.7 Å². The van der Waals surface area contributed by atoms with E-state index in [0.29, 0.717) is 19.0 Å². The number of hydrogen-bond donors (Lipinski definition) is 3. The van der Waals surface area contributed by atoms with Gasteiger partial charge in [-0.05, 0) is 12.1 Å². The third kappa shape index (κ3) is 1.91. The Morgan fingerprint density at radius 1 is 1.44 bits per heavy atom. The molecule has 1 heterocycles. The maximum Gasteiger partial charge on any atom is 0.198 e. The molecule has 0 saturated heterocycles. The number of nitrogens with two attached hydrogens (primary N) is 3. The molecule has 0 aliphatic carbocycles. The van der Waals surface area contributed by atoms with Gasteiger partial charge < -0.3 is 22.1 Å². The summed E-state index contributed by atoms with van der Waals surface area (Å²) < 4.78 is 0.960. The Kier molecular flexibility index (Phi) is 3.13. The number of fused-ring (bicyclic) bond motifs is 1. The zero-order valence-electron chi connectivity index (χ0n) is 8.73. The van der Waals surface area contributed by atoms with E-state index in [-0.39, 0.29) is 6.17 Å². The second kappa shape index (κ2) is 4.40. The number of rotatable bonds is 2. The number of guanidine groups is 1. The highest BCUT2D eigenvalue weighted by atomic mass is 79.9. The van der Waals surface area contributed by atoms with Crippen molar-refractivity contribution >= 4 is 27.6 Å². The molecular formula is C10H14BrN5. The van der Waals surface area contributed by atoms with Crippen LogP contribution < -0.4 is 17.2 Å². The topological polar surface area (TPSA) is 93.7 Å². The standard InChI is InChI=1S/C10H14BrN5/c11-6-1-2-7-8(5-6)15-10(14)16(4-3-12)9(7)13/h1-2,5,9H,3-4,12-13H2,(H2,14,15). The van der Waals surface area contributed by atoms with Gasteiger partial charge in [0.2, 0.25) is 0 Å². The van der Waals surface area contributed by atoms with Crippen LogP contribution in [0.1, 0.15) is 11.7 Å². The first kappa shape index (κ1) is 11.4. The molecule has 86 valence electrons. The van der Waals surface area contributed by atoms with Gasteiger partial charge in [-0.3, -0.25) is 0 Å². The molecule has 5 nitrogen and oxygen atoms in total. The molecule has 1 unspecified atom stereocenters. The van der Waals surface area contributed by atoms with Crippen LogP contribution in [0, 0.1) is 0 Å². The summed E-state index contributed by atoms with van der Waals surface area (Å²) in [7, 11) is 0. The van der Waals surface area contributed by atoms with Crippen molar-refractivity contribution in [1.82, 2.24) is 4.90 Å². The van der Waals surface area contributed by atoms with Gasteiger partial charge in [0.05, 0.1) is 5.69 Å². The van der Waals surface area contributed by atoms with Crippen LogP contribution in [0.5, 0.6) is 0 Å². The van der Waals surface area contributed by atoms with E-state index in [1.807, 2.05) is 18.2 Å². The fourth-order valence-electron chi connectivity index (χ4n) is 1.75. The van der Waals surface area contributed by atoms with Crippen molar-refractivity contribution < 1.29 is 0 Å². The lowest BCUT2D eigenvalue weighted by Gasteiger charge is -2.33. The van der Waals surface area contributed by atoms with Gasteiger partial charge in [0.25, 0.3) is 0 Å². The van der Waals surface area contributed by atoms with Gasteiger partial charge in [-0.15, -0.1) is 0 Å². The molecular weight excluding hydrogens is 270 g/mol. The molecule has 0 fully saturated rings. The summed E-state index contributed by atoms with van der Waals surface area (Å²) in [5, 5.41) is 0. The first-order valence-corrected chi connectivity index (χ1v) is 5.78. The summed E-state index contributed by atoms with van der Waals surface area (Å²) in [4.78, 5) is 6.11. The number of hydrogen-bond acceptors (Lipinski definition) is 5. The Morgan fingerprint density at radius 3 is 2.88 bits per heavy atom. The minimum Gasteiger partial charge on any atom is -0.369 e. The van der Waals surface area contributed by atoms with Crippen molar-refractivity contribution in [3.8, 4) is 0 Å². The Labute approximate surface area is 102 Å². The summed E-state index contributed by atoms with van der Waals surface area (Å²) >= 11 is 3.39. The maximum absolute atomic E-state index is 6.11. The summed E-state index contributed by atoms with van der Waals surface area (Å²) in [6, 6.07) is 5.79. The van der Waals surface area contributed by atoms with Gasteiger partial charge in [0.15, 0.2) is 5.96 Å². The molecule has 0 saturated carbocycles. The molecule has 2 rings (SSSR count). The molecule has 1 aromatic rings. The Morgan fingerprint density at radius 2 is 2.19 bits per heavy atom. The molecule has 1 aliphatic rings. The van der Waals surface area contributed by atoms with E-state index in [9.17, 15) is 0 Å². The van der Waals surface area contributed by atoms with Gasteiger partial charge in [-0.25, -0.2) is 4.99 Å². The molecule has 16 heavy (non-hydrogen) atoms. The lowest BCUT2D eigenvalue weighted by Crippen LogP contribution is -2.47. The van der Waals surface area contributed by atoms with Crippen molar-refractivity contribution in [2.45, 2.75) is 6.17 Å². The predicted octanol–water partition coefficient (Wildman–Crippen LogP) is 0.627. The summed E-state index contributed by atoms with van der Waals surface area (Å²) in [6.07, 6.45) is -0.274. The van der Waals surface area contributed by atoms with E-state index in [1.165, 1.54) is 0 Å². The highest BCUT2D eigenvalue weighted by molar-refractivity contribution is 9.10. The van der Waals surface area contributed by atoms with Gasteiger partial charge in [-0.2, -0.15) is 0 Å². The van der Waals surface area contributed by atoms with E-state index < -0.39 is 0 Å². The van der Waals surface area contributed by atoms with Crippen LogP contribution in [-0.4, -0.2) is 23.9 Å². The van der Waals surface area contributed by atoms with Crippen molar-refractivity contribution in [3.63, 3.8) is 0 Å². The molecule has 6 heteroatoms. The lowest BCUT2D eigenvalue weighted by molar-refractivity contribution is 0.322. The first-order chi connectivity index (χ1) is 7.63. The molecule has 0 amide bonds. The van der Waals surface area contributed by atoms with Crippen LogP contribution in [0.2, 0.25) is 0 Å². The number of benzene rings is 1. The van der Waals surface area contributed by atoms with Crippen LogP contribution in [0.3, 0.4) is 0 Å². The summed E-state index contributed by atoms with van der Waals surface area (Å²) in [5.41, 5.74) is 19.2. The Hall–Kier alpha value is -1.11. The highest BCUT2D eigenvalue weighted by Crippen LogP contribution is 2.32. The van der Waals surface area contributed by atoms with Gasteiger partial charge in [0, 0.05) is 23.1 Å². The minimum atomic E-state index is -0.274. The van der Waals surface area contributed by atoms with Crippen LogP contribution in [0.25, 0.3) is 0 Å². The highest BCUT2D eigenvalue weighted by Gasteiger charge is 2.24. The summed E-state index contributed by atoms with van der Waals surface area (Å²) in [5.74, 6) is 0.420. The van der Waals surface area contributed by atoms with Crippen molar-refractivity contribution in [3.05, 3.63) is 28.2 Å². The molecule has 0 radical (unpaired) electrons. The molecule has 1 atom stereocenters. The molecule has 6 N–H and O–H groups in total. The Bertz CT molecular complexity index is 431. The van der Waals surface area contributed by atoms with Crippen LogP contribution >= 0.6 is 15.9 Å². The van der Waals surface area contributed by atoms with Crippen LogP contribution in [-0.2, 0) is 0 Å². The third-order valence-corrected chi connectivity index (χ3v) is 3.04. The third-order valence-electron chi connectivity index (χ3n) is 2.55. The second-order valence-electron chi connectivity index (χ2n) is 3.60. The monoisotopic (exact) mass is 283 g/mol. The smallest absolute Gasteiger partial charge is 0.198 e. The molecule has 0 spiro atoms. The average molecular weight is 284 g/mol. The second-order valence-corrected chi connectivity index (χ2v) is 4.52. The SMILES string of the molecule is NCCN1C(N)=Nc2cc(Br)ccc2C1N. The molecule has 1 aliphatic heterocycles. The Balaban J connectivity index is 2.43. The van der Waals surface area contributed by atoms with Crippen molar-refractivity contribution in [2.75, 3.05) is 13.1 Å². The van der Waals surface area contributed by atoms with E-state index >= 15 is 0 Å². The number of aliphatic imine (C=N–C) groups is 1. The van der Waals surface area contributed by atoms with Crippen LogP contribution in [0.4, 0.5) is 5.69 Å². The van der Waals surface area contributed by atoms with Crippen molar-refractivity contribution in [2.24, 2.45) is 22.2 Å². The maximum atomic E-state index is 6.11.